The summed E-state index contributed by atoms with van der Waals surface area (Å²) < 4.78 is 0. The smallest absolute Gasteiger partial charge is 0.0667 e. The summed E-state index contributed by atoms with van der Waals surface area (Å²) in [4.78, 5) is 6.99. The van der Waals surface area contributed by atoms with Gasteiger partial charge in [0.1, 0.15) is 0 Å². The fourth-order valence-corrected chi connectivity index (χ4v) is 11.6. The van der Waals surface area contributed by atoms with Crippen LogP contribution in [-0.4, -0.2) is 119 Å². The van der Waals surface area contributed by atoms with E-state index in [0.717, 1.165) is 180 Å². The summed E-state index contributed by atoms with van der Waals surface area (Å²) in [6.45, 7) is 14.6. The zero-order chi connectivity index (χ0) is 64.0. The molecule has 0 heterocycles. The van der Waals surface area contributed by atoms with E-state index in [1.165, 1.54) is 154 Å². The highest BCUT2D eigenvalue weighted by Gasteiger charge is 2.19. The van der Waals surface area contributed by atoms with Crippen LogP contribution in [0.2, 0.25) is 0 Å². The number of hydrogen-bond donors (Lipinski definition) is 4. The molecular weight excluding hydrogens is 1080 g/mol. The van der Waals surface area contributed by atoms with Crippen molar-refractivity contribution in [3.8, 4) is 0 Å². The van der Waals surface area contributed by atoms with Gasteiger partial charge in [-0.1, -0.05) is 279 Å². The molecule has 0 aliphatic carbocycles. The van der Waals surface area contributed by atoms with E-state index in [0.29, 0.717) is 26.2 Å². The Kier molecular flexibility index (Phi) is 70.1. The van der Waals surface area contributed by atoms with Gasteiger partial charge in [-0.05, 0) is 161 Å². The Morgan fingerprint density at radius 1 is 0.227 bits per heavy atom. The minimum absolute atomic E-state index is 0.414. The molecule has 0 aromatic heterocycles. The molecule has 4 N–H and O–H groups in total. The molecule has 0 aliphatic heterocycles. The molecule has 4 atom stereocenters. The van der Waals surface area contributed by atoms with Crippen LogP contribution >= 0.6 is 0 Å². The molecule has 0 aromatic carbocycles. The zero-order valence-corrected chi connectivity index (χ0v) is 59.3. The fourth-order valence-electron chi connectivity index (χ4n) is 11.6. The van der Waals surface area contributed by atoms with Gasteiger partial charge in [0.25, 0.3) is 0 Å². The Labute approximate surface area is 549 Å². The average molecular weight is 1230 g/mol. The molecule has 0 rings (SSSR count). The maximum Gasteiger partial charge on any atom is 0.0667 e. The third-order valence-electron chi connectivity index (χ3n) is 17.4. The average Bonchev–Trinajstić information content (AvgIpc) is 3.72. The van der Waals surface area contributed by atoms with E-state index in [1.54, 1.807) is 0 Å². The van der Waals surface area contributed by atoms with E-state index in [9.17, 15) is 20.4 Å². The van der Waals surface area contributed by atoms with Crippen LogP contribution in [0.15, 0.2) is 97.2 Å². The second kappa shape index (κ2) is 72.1. The maximum absolute atomic E-state index is 11.4. The molecule has 0 spiro atoms. The summed E-state index contributed by atoms with van der Waals surface area (Å²) in [6.07, 6.45) is 91.9. The Balaban J connectivity index is 5.41. The number of allylic oxidation sites excluding steroid dienone is 16. The van der Waals surface area contributed by atoms with E-state index in [1.807, 2.05) is 0 Å². The highest BCUT2D eigenvalue weighted by molar-refractivity contribution is 4.95. The first kappa shape index (κ1) is 85.6. The van der Waals surface area contributed by atoms with Crippen molar-refractivity contribution in [2.75, 3.05) is 59.4 Å². The lowest BCUT2D eigenvalue weighted by Crippen LogP contribution is -2.44. The molecule has 4 unspecified atom stereocenters. The Morgan fingerprint density at radius 2 is 0.409 bits per heavy atom. The normalized spacial score (nSPS) is 14.2. The van der Waals surface area contributed by atoms with Crippen molar-refractivity contribution in [2.24, 2.45) is 0 Å². The summed E-state index contributed by atoms with van der Waals surface area (Å²) >= 11 is 0. The third kappa shape index (κ3) is 68.0. The van der Waals surface area contributed by atoms with Crippen LogP contribution in [-0.2, 0) is 0 Å². The van der Waals surface area contributed by atoms with Gasteiger partial charge in [-0.2, -0.15) is 0 Å². The van der Waals surface area contributed by atoms with Crippen LogP contribution in [0.1, 0.15) is 336 Å². The minimum Gasteiger partial charge on any atom is -0.392 e. The number of unbranched alkanes of at least 4 members (excludes halogenated alkanes) is 32. The van der Waals surface area contributed by atoms with Crippen LogP contribution < -0.4 is 0 Å². The molecule has 7 heteroatoms. The number of nitrogens with zero attached hydrogens (tertiary/aromatic N) is 3. The lowest BCUT2D eigenvalue weighted by Gasteiger charge is -2.31. The predicted octanol–water partition coefficient (Wildman–Crippen LogP) is 22.2. The van der Waals surface area contributed by atoms with Gasteiger partial charge < -0.3 is 25.3 Å². The Morgan fingerprint density at radius 3 is 0.602 bits per heavy atom. The van der Waals surface area contributed by atoms with Crippen LogP contribution in [0.25, 0.3) is 0 Å². The maximum atomic E-state index is 11.4. The van der Waals surface area contributed by atoms with E-state index in [2.05, 4.69) is 147 Å². The first-order valence-electron chi connectivity index (χ1n) is 38.3. The second-order valence-electron chi connectivity index (χ2n) is 26.5. The van der Waals surface area contributed by atoms with E-state index in [4.69, 9.17) is 0 Å². The first-order chi connectivity index (χ1) is 43.2. The molecule has 514 valence electrons. The van der Waals surface area contributed by atoms with Gasteiger partial charge in [-0.3, -0.25) is 9.80 Å². The molecule has 0 saturated heterocycles. The highest BCUT2D eigenvalue weighted by Crippen LogP contribution is 2.16. The molecule has 7 nitrogen and oxygen atoms in total. The molecule has 0 radical (unpaired) electrons. The van der Waals surface area contributed by atoms with Gasteiger partial charge in [0, 0.05) is 52.4 Å². The van der Waals surface area contributed by atoms with Crippen molar-refractivity contribution in [1.29, 1.82) is 0 Å². The molecule has 0 amide bonds. The van der Waals surface area contributed by atoms with Crippen molar-refractivity contribution in [3.63, 3.8) is 0 Å². The Bertz CT molecular complexity index is 1390. The van der Waals surface area contributed by atoms with E-state index < -0.39 is 24.4 Å². The Hall–Kier alpha value is -2.36. The monoisotopic (exact) mass is 1230 g/mol. The first-order valence-corrected chi connectivity index (χ1v) is 38.3. The van der Waals surface area contributed by atoms with Crippen LogP contribution in [0.4, 0.5) is 0 Å². The van der Waals surface area contributed by atoms with Gasteiger partial charge >= 0.3 is 0 Å². The van der Waals surface area contributed by atoms with Crippen molar-refractivity contribution in [3.05, 3.63) is 97.2 Å². The molecule has 0 bridgehead atoms. The summed E-state index contributed by atoms with van der Waals surface area (Å²) in [6, 6.07) is 0. The van der Waals surface area contributed by atoms with E-state index >= 15 is 0 Å². The van der Waals surface area contributed by atoms with Gasteiger partial charge in [0.2, 0.25) is 0 Å². The highest BCUT2D eigenvalue weighted by atomic mass is 16.3. The van der Waals surface area contributed by atoms with Crippen molar-refractivity contribution >= 4 is 0 Å². The summed E-state index contributed by atoms with van der Waals surface area (Å²) in [5, 5.41) is 45.6. The third-order valence-corrected chi connectivity index (χ3v) is 17.4. The van der Waals surface area contributed by atoms with Crippen molar-refractivity contribution < 1.29 is 20.4 Å². The quantitative estimate of drug-likeness (QED) is 0.0356. The summed E-state index contributed by atoms with van der Waals surface area (Å²) in [7, 11) is 2.18. The van der Waals surface area contributed by atoms with Crippen molar-refractivity contribution in [1.82, 2.24) is 14.7 Å². The number of likely N-dealkylation sites (N-methyl/N-ethyl adjacent to an activating group) is 1. The summed E-state index contributed by atoms with van der Waals surface area (Å²) in [5.74, 6) is 0. The molecule has 0 fully saturated rings. The van der Waals surface area contributed by atoms with Gasteiger partial charge in [0.05, 0.1) is 24.4 Å². The molecule has 0 aromatic rings. The van der Waals surface area contributed by atoms with E-state index in [-0.39, 0.29) is 0 Å². The van der Waals surface area contributed by atoms with Crippen LogP contribution in [0.3, 0.4) is 0 Å². The molecule has 0 aliphatic rings. The zero-order valence-electron chi connectivity index (χ0n) is 59.3. The van der Waals surface area contributed by atoms with Gasteiger partial charge in [-0.15, -0.1) is 0 Å². The van der Waals surface area contributed by atoms with Crippen LogP contribution in [0, 0.1) is 0 Å². The molecule has 88 heavy (non-hydrogen) atoms. The summed E-state index contributed by atoms with van der Waals surface area (Å²) in [5.41, 5.74) is 0. The largest absolute Gasteiger partial charge is 0.392 e. The van der Waals surface area contributed by atoms with Gasteiger partial charge in [-0.25, -0.2) is 0 Å². The number of rotatable bonds is 70. The molecular formula is C81H151N3O4. The SMILES string of the molecule is CCCCCCC/C=C\C/C=C\CCCCCC(O)CN(CCN(C)CCN(CC(O)CCCCC/C=C\C/C=C\CCCCCCC)CC(O)CCCCC/C=C\C/C=C\CCCCCCC)CC(O)CCCCC/C=C\C/C=C\CCCCCCC. The molecule has 0 saturated carbocycles. The van der Waals surface area contributed by atoms with Crippen LogP contribution in [0.5, 0.6) is 0 Å². The lowest BCUT2D eigenvalue weighted by atomic mass is 10.1. The number of aliphatic hydroxyl groups excluding tert-OH is 4. The number of hydrogen-bond acceptors (Lipinski definition) is 7. The topological polar surface area (TPSA) is 90.6 Å². The van der Waals surface area contributed by atoms with Gasteiger partial charge in [0.15, 0.2) is 0 Å². The second-order valence-corrected chi connectivity index (χ2v) is 26.5. The standard InChI is InChI=1S/C81H151N3O4/c1-6-10-14-18-22-26-30-34-38-42-46-50-54-58-62-66-78(85)74-83(75-79(86)67-63-59-55-51-47-43-39-35-31-27-23-19-15-11-7-2)72-70-82(5)71-73-84(76-80(87)68-64-60-56-52-48-44-40-36-32-28-24-20-16-12-8-3)77-81(88)69-65-61-57-53-49-45-41-37-33-29-25-21-17-13-9-4/h30-37,42-49,78-81,85-88H,6-29,38-41,50-77H2,1-5H3/b34-30-,35-31-,36-32-,37-33-,46-42-,47-43-,48-44-,49-45-. The lowest BCUT2D eigenvalue weighted by molar-refractivity contribution is 0.0492. The van der Waals surface area contributed by atoms with Crippen molar-refractivity contribution in [2.45, 2.75) is 360 Å². The fraction of sp³-hybridized carbons (Fsp3) is 0.802. The predicted molar refractivity (Wildman–Crippen MR) is 392 cm³/mol. The number of aliphatic hydroxyl groups is 4. The minimum atomic E-state index is -0.414.